The minimum atomic E-state index is -0.578. The number of esters is 1. The van der Waals surface area contributed by atoms with E-state index in [9.17, 15) is 9.90 Å². The van der Waals surface area contributed by atoms with E-state index >= 15 is 0 Å². The van der Waals surface area contributed by atoms with Crippen molar-refractivity contribution in [1.29, 1.82) is 0 Å². The van der Waals surface area contributed by atoms with E-state index in [-0.39, 0.29) is 12.4 Å². The molecule has 1 rings (SSSR count). The summed E-state index contributed by atoms with van der Waals surface area (Å²) in [6, 6.07) is 4.85. The lowest BCUT2D eigenvalue weighted by Crippen LogP contribution is -2.00. The summed E-state index contributed by atoms with van der Waals surface area (Å²) < 4.78 is 5.32. The summed E-state index contributed by atoms with van der Waals surface area (Å²) in [6.45, 7) is 1.97. The topological polar surface area (TPSA) is 46.5 Å². The molecule has 0 aromatic heterocycles. The van der Waals surface area contributed by atoms with Crippen molar-refractivity contribution >= 4 is 39.3 Å². The maximum Gasteiger partial charge on any atom is 0.334 e. The van der Waals surface area contributed by atoms with Crippen LogP contribution in [-0.4, -0.2) is 17.7 Å². The van der Waals surface area contributed by atoms with Gasteiger partial charge in [0.2, 0.25) is 0 Å². The highest BCUT2D eigenvalue weighted by molar-refractivity contribution is 9.10. The number of rotatable bonds is 3. The lowest BCUT2D eigenvalue weighted by atomic mass is 10.2. The first-order valence-electron chi connectivity index (χ1n) is 4.57. The standard InChI is InChI=1S/C11H10BrClO3/c1-2-16-11(15)6-10(14)7-3-4-9(13)8(12)5-7/h3-6,14H,2H2,1H3. The zero-order valence-corrected chi connectivity index (χ0v) is 10.9. The third kappa shape index (κ3) is 3.54. The Balaban J connectivity index is 2.91. The Kier molecular flexibility index (Phi) is 4.83. The molecule has 3 nitrogen and oxygen atoms in total. The molecule has 0 aliphatic rings. The summed E-state index contributed by atoms with van der Waals surface area (Å²) in [5, 5.41) is 10.2. The molecule has 0 saturated heterocycles. The Bertz CT molecular complexity index is 429. The Morgan fingerprint density at radius 3 is 2.88 bits per heavy atom. The van der Waals surface area contributed by atoms with Crippen molar-refractivity contribution in [2.75, 3.05) is 6.61 Å². The SMILES string of the molecule is CCOC(=O)C=C(O)c1ccc(Cl)c(Br)c1. The molecule has 5 heteroatoms. The van der Waals surface area contributed by atoms with Crippen molar-refractivity contribution < 1.29 is 14.6 Å². The quantitative estimate of drug-likeness (QED) is 0.527. The molecule has 0 amide bonds. The molecule has 0 radical (unpaired) electrons. The summed E-state index contributed by atoms with van der Waals surface area (Å²) in [7, 11) is 0. The van der Waals surface area contributed by atoms with Crippen molar-refractivity contribution in [3.05, 3.63) is 39.3 Å². The van der Waals surface area contributed by atoms with Gasteiger partial charge in [0.1, 0.15) is 5.76 Å². The summed E-state index contributed by atoms with van der Waals surface area (Å²) in [5.74, 6) is -0.734. The number of hydrogen-bond donors (Lipinski definition) is 1. The Morgan fingerprint density at radius 1 is 1.62 bits per heavy atom. The molecule has 1 N–H and O–H groups in total. The molecule has 0 aliphatic heterocycles. The monoisotopic (exact) mass is 304 g/mol. The number of aliphatic hydroxyl groups excluding tert-OH is 1. The van der Waals surface area contributed by atoms with Gasteiger partial charge in [-0.25, -0.2) is 4.79 Å². The van der Waals surface area contributed by atoms with Crippen LogP contribution < -0.4 is 0 Å². The van der Waals surface area contributed by atoms with Crippen LogP contribution >= 0.6 is 27.5 Å². The summed E-state index contributed by atoms with van der Waals surface area (Å²) in [6.07, 6.45) is 1.03. The van der Waals surface area contributed by atoms with E-state index in [2.05, 4.69) is 20.7 Å². The number of carbonyl (C=O) groups is 1. The van der Waals surface area contributed by atoms with Gasteiger partial charge in [0.05, 0.1) is 17.7 Å². The van der Waals surface area contributed by atoms with Crippen LogP contribution in [0.25, 0.3) is 5.76 Å². The fourth-order valence-electron chi connectivity index (χ4n) is 1.03. The number of hydrogen-bond acceptors (Lipinski definition) is 3. The highest BCUT2D eigenvalue weighted by Crippen LogP contribution is 2.25. The van der Waals surface area contributed by atoms with Gasteiger partial charge in [0.25, 0.3) is 0 Å². The van der Waals surface area contributed by atoms with Gasteiger partial charge in [0.15, 0.2) is 0 Å². The number of halogens is 2. The molecule has 0 spiro atoms. The van der Waals surface area contributed by atoms with Crippen LogP contribution in [-0.2, 0) is 9.53 Å². The minimum Gasteiger partial charge on any atom is -0.507 e. The number of carbonyl (C=O) groups excluding carboxylic acids is 1. The van der Waals surface area contributed by atoms with Gasteiger partial charge in [-0.15, -0.1) is 0 Å². The molecule has 0 aliphatic carbocycles. The van der Waals surface area contributed by atoms with Gasteiger partial charge in [-0.3, -0.25) is 0 Å². The van der Waals surface area contributed by atoms with Gasteiger partial charge in [-0.1, -0.05) is 11.6 Å². The van der Waals surface area contributed by atoms with Gasteiger partial charge in [-0.2, -0.15) is 0 Å². The van der Waals surface area contributed by atoms with E-state index in [0.717, 1.165) is 6.08 Å². The summed E-state index contributed by atoms with van der Waals surface area (Å²) in [4.78, 5) is 11.1. The van der Waals surface area contributed by atoms with Crippen LogP contribution in [0.15, 0.2) is 28.7 Å². The zero-order valence-electron chi connectivity index (χ0n) is 8.54. The van der Waals surface area contributed by atoms with Gasteiger partial charge < -0.3 is 9.84 Å². The van der Waals surface area contributed by atoms with Crippen molar-refractivity contribution in [3.63, 3.8) is 0 Å². The highest BCUT2D eigenvalue weighted by atomic mass is 79.9. The minimum absolute atomic E-state index is 0.157. The summed E-state index contributed by atoms with van der Waals surface area (Å²) in [5.41, 5.74) is 0.490. The largest absolute Gasteiger partial charge is 0.507 e. The highest BCUT2D eigenvalue weighted by Gasteiger charge is 2.05. The van der Waals surface area contributed by atoms with Gasteiger partial charge in [0, 0.05) is 10.0 Å². The first kappa shape index (κ1) is 13.1. The Labute approximate surface area is 107 Å². The van der Waals surface area contributed by atoms with Crippen molar-refractivity contribution in [3.8, 4) is 0 Å². The molecular formula is C11H10BrClO3. The first-order valence-corrected chi connectivity index (χ1v) is 5.74. The van der Waals surface area contributed by atoms with Crippen molar-refractivity contribution in [2.45, 2.75) is 6.92 Å². The fraction of sp³-hybridized carbons (Fsp3) is 0.182. The second kappa shape index (κ2) is 5.92. The predicted octanol–water partition coefficient (Wildman–Crippen LogP) is 3.56. The van der Waals surface area contributed by atoms with Crippen LogP contribution in [0.3, 0.4) is 0 Å². The van der Waals surface area contributed by atoms with E-state index in [1.807, 2.05) is 0 Å². The van der Waals surface area contributed by atoms with Crippen LogP contribution in [0.2, 0.25) is 5.02 Å². The molecule has 0 bridgehead atoms. The molecule has 86 valence electrons. The van der Waals surface area contributed by atoms with Crippen LogP contribution in [0.5, 0.6) is 0 Å². The first-order chi connectivity index (χ1) is 7.54. The lowest BCUT2D eigenvalue weighted by molar-refractivity contribution is -0.137. The van der Waals surface area contributed by atoms with Crippen LogP contribution in [0.1, 0.15) is 12.5 Å². The normalized spacial score (nSPS) is 11.3. The van der Waals surface area contributed by atoms with E-state index in [4.69, 9.17) is 11.6 Å². The predicted molar refractivity (Wildman–Crippen MR) is 66.4 cm³/mol. The zero-order chi connectivity index (χ0) is 12.1. The van der Waals surface area contributed by atoms with Crippen molar-refractivity contribution in [1.82, 2.24) is 0 Å². The second-order valence-electron chi connectivity index (χ2n) is 2.91. The number of aliphatic hydroxyl groups is 1. The smallest absolute Gasteiger partial charge is 0.334 e. The van der Waals surface area contributed by atoms with Crippen LogP contribution in [0.4, 0.5) is 0 Å². The van der Waals surface area contributed by atoms with E-state index in [1.165, 1.54) is 0 Å². The maximum atomic E-state index is 11.1. The molecule has 0 fully saturated rings. The fourth-order valence-corrected chi connectivity index (χ4v) is 1.53. The Hall–Kier alpha value is -1.000. The molecule has 0 atom stereocenters. The van der Waals surface area contributed by atoms with E-state index < -0.39 is 5.97 Å². The van der Waals surface area contributed by atoms with Crippen molar-refractivity contribution in [2.24, 2.45) is 0 Å². The average molecular weight is 306 g/mol. The molecule has 1 aromatic rings. The molecule has 0 saturated carbocycles. The average Bonchev–Trinajstić information content (AvgIpc) is 2.22. The van der Waals surface area contributed by atoms with E-state index in [0.29, 0.717) is 15.1 Å². The molecular weight excluding hydrogens is 295 g/mol. The molecule has 16 heavy (non-hydrogen) atoms. The lowest BCUT2D eigenvalue weighted by Gasteiger charge is -2.02. The number of benzene rings is 1. The third-order valence-electron chi connectivity index (χ3n) is 1.76. The third-order valence-corrected chi connectivity index (χ3v) is 2.97. The molecule has 1 aromatic carbocycles. The molecule has 0 heterocycles. The van der Waals surface area contributed by atoms with Gasteiger partial charge in [-0.05, 0) is 41.1 Å². The Morgan fingerprint density at radius 2 is 2.31 bits per heavy atom. The van der Waals surface area contributed by atoms with Crippen LogP contribution in [0, 0.1) is 0 Å². The second-order valence-corrected chi connectivity index (χ2v) is 4.17. The number of ether oxygens (including phenoxy) is 1. The molecule has 0 unspecified atom stereocenters. The van der Waals surface area contributed by atoms with E-state index in [1.54, 1.807) is 25.1 Å². The van der Waals surface area contributed by atoms with Gasteiger partial charge >= 0.3 is 5.97 Å². The summed E-state index contributed by atoms with van der Waals surface area (Å²) >= 11 is 9.03. The maximum absolute atomic E-state index is 11.1.